The van der Waals surface area contributed by atoms with Gasteiger partial charge in [0.15, 0.2) is 0 Å². The molecular weight excluding hydrogens is 224 g/mol. The van der Waals surface area contributed by atoms with Gasteiger partial charge in [-0.05, 0) is 44.9 Å². The van der Waals surface area contributed by atoms with E-state index in [4.69, 9.17) is 4.52 Å². The van der Waals surface area contributed by atoms with Crippen LogP contribution in [0.3, 0.4) is 0 Å². The van der Waals surface area contributed by atoms with Crippen LogP contribution < -0.4 is 4.90 Å². The molecule has 1 aromatic heterocycles. The third-order valence-electron chi connectivity index (χ3n) is 3.35. The Morgan fingerprint density at radius 1 is 1.17 bits per heavy atom. The molecule has 0 N–H and O–H groups in total. The predicted molar refractivity (Wildman–Crippen MR) is 74.0 cm³/mol. The van der Waals surface area contributed by atoms with E-state index in [0.29, 0.717) is 0 Å². The second-order valence-corrected chi connectivity index (χ2v) is 4.95. The number of aromatic nitrogens is 1. The van der Waals surface area contributed by atoms with Gasteiger partial charge in [-0.1, -0.05) is 17.3 Å². The van der Waals surface area contributed by atoms with Crippen molar-refractivity contribution in [1.82, 2.24) is 5.16 Å². The molecule has 0 unspecified atom stereocenters. The van der Waals surface area contributed by atoms with Gasteiger partial charge in [-0.15, -0.1) is 0 Å². The first-order valence-corrected chi connectivity index (χ1v) is 6.19. The van der Waals surface area contributed by atoms with E-state index in [0.717, 1.165) is 18.0 Å². The van der Waals surface area contributed by atoms with Gasteiger partial charge in [0, 0.05) is 24.8 Å². The molecule has 3 heteroatoms. The molecule has 0 amide bonds. The number of hydrogen-bond donors (Lipinski definition) is 0. The van der Waals surface area contributed by atoms with Gasteiger partial charge in [0.1, 0.15) is 5.76 Å². The van der Waals surface area contributed by atoms with Crippen LogP contribution in [0.25, 0.3) is 0 Å². The lowest BCUT2D eigenvalue weighted by molar-refractivity contribution is 0.392. The molecule has 0 saturated heterocycles. The van der Waals surface area contributed by atoms with E-state index in [1.54, 1.807) is 0 Å². The standard InChI is InChI=1S/C15H20N2O/c1-10-6-7-11(2)15(8-10)17(5)9-14-12(3)16-18-13(14)4/h6-8H,9H2,1-5H3. The Balaban J connectivity index is 2.27. The van der Waals surface area contributed by atoms with E-state index < -0.39 is 0 Å². The van der Waals surface area contributed by atoms with Crippen LogP contribution in [-0.4, -0.2) is 12.2 Å². The van der Waals surface area contributed by atoms with Crippen LogP contribution >= 0.6 is 0 Å². The van der Waals surface area contributed by atoms with Crippen molar-refractivity contribution in [3.8, 4) is 0 Å². The molecular formula is C15H20N2O. The minimum absolute atomic E-state index is 0.825. The van der Waals surface area contributed by atoms with Gasteiger partial charge < -0.3 is 9.42 Å². The van der Waals surface area contributed by atoms with Crippen LogP contribution in [0.5, 0.6) is 0 Å². The summed E-state index contributed by atoms with van der Waals surface area (Å²) < 4.78 is 5.21. The highest BCUT2D eigenvalue weighted by molar-refractivity contribution is 5.54. The molecule has 18 heavy (non-hydrogen) atoms. The predicted octanol–water partition coefficient (Wildman–Crippen LogP) is 3.54. The fraction of sp³-hybridized carbons (Fsp3) is 0.400. The molecule has 3 nitrogen and oxygen atoms in total. The zero-order chi connectivity index (χ0) is 13.3. The monoisotopic (exact) mass is 244 g/mol. The number of hydrogen-bond acceptors (Lipinski definition) is 3. The minimum atomic E-state index is 0.825. The number of rotatable bonds is 3. The van der Waals surface area contributed by atoms with Crippen molar-refractivity contribution in [2.75, 3.05) is 11.9 Å². The molecule has 2 rings (SSSR count). The summed E-state index contributed by atoms with van der Waals surface area (Å²) >= 11 is 0. The lowest BCUT2D eigenvalue weighted by Crippen LogP contribution is -2.18. The summed E-state index contributed by atoms with van der Waals surface area (Å²) in [6, 6.07) is 6.52. The summed E-state index contributed by atoms with van der Waals surface area (Å²) in [5, 5.41) is 4.00. The Morgan fingerprint density at radius 2 is 1.89 bits per heavy atom. The van der Waals surface area contributed by atoms with E-state index in [1.807, 2.05) is 13.8 Å². The van der Waals surface area contributed by atoms with Crippen molar-refractivity contribution in [3.63, 3.8) is 0 Å². The zero-order valence-corrected chi connectivity index (χ0v) is 11.7. The molecule has 0 atom stereocenters. The largest absolute Gasteiger partial charge is 0.370 e. The summed E-state index contributed by atoms with van der Waals surface area (Å²) in [7, 11) is 2.10. The van der Waals surface area contributed by atoms with Crippen LogP contribution in [0, 0.1) is 27.7 Å². The molecule has 0 aliphatic heterocycles. The van der Waals surface area contributed by atoms with E-state index in [2.05, 4.69) is 49.2 Å². The van der Waals surface area contributed by atoms with Crippen LogP contribution in [-0.2, 0) is 6.54 Å². The van der Waals surface area contributed by atoms with Crippen LogP contribution in [0.1, 0.15) is 28.1 Å². The highest BCUT2D eigenvalue weighted by Gasteiger charge is 2.13. The third kappa shape index (κ3) is 2.40. The van der Waals surface area contributed by atoms with Crippen molar-refractivity contribution in [3.05, 3.63) is 46.3 Å². The van der Waals surface area contributed by atoms with Crippen LogP contribution in [0.15, 0.2) is 22.7 Å². The zero-order valence-electron chi connectivity index (χ0n) is 11.7. The number of aryl methyl sites for hydroxylation is 4. The Bertz CT molecular complexity index is 538. The summed E-state index contributed by atoms with van der Waals surface area (Å²) in [4.78, 5) is 2.24. The van der Waals surface area contributed by atoms with Gasteiger partial charge >= 0.3 is 0 Å². The van der Waals surface area contributed by atoms with E-state index >= 15 is 0 Å². The van der Waals surface area contributed by atoms with Crippen LogP contribution in [0.2, 0.25) is 0 Å². The van der Waals surface area contributed by atoms with Gasteiger partial charge in [0.05, 0.1) is 5.69 Å². The average Bonchev–Trinajstić information content (AvgIpc) is 2.64. The second kappa shape index (κ2) is 4.84. The highest BCUT2D eigenvalue weighted by atomic mass is 16.5. The molecule has 0 bridgehead atoms. The summed E-state index contributed by atoms with van der Waals surface area (Å²) in [6.45, 7) is 9.03. The van der Waals surface area contributed by atoms with Gasteiger partial charge in [-0.2, -0.15) is 0 Å². The van der Waals surface area contributed by atoms with Gasteiger partial charge in [0.25, 0.3) is 0 Å². The van der Waals surface area contributed by atoms with Crippen molar-refractivity contribution in [2.24, 2.45) is 0 Å². The van der Waals surface area contributed by atoms with Crippen molar-refractivity contribution in [1.29, 1.82) is 0 Å². The second-order valence-electron chi connectivity index (χ2n) is 4.95. The fourth-order valence-electron chi connectivity index (χ4n) is 2.18. The van der Waals surface area contributed by atoms with Crippen molar-refractivity contribution < 1.29 is 4.52 Å². The molecule has 0 radical (unpaired) electrons. The maximum absolute atomic E-state index is 5.21. The first-order chi connectivity index (χ1) is 8.49. The third-order valence-corrected chi connectivity index (χ3v) is 3.35. The maximum atomic E-state index is 5.21. The van der Waals surface area contributed by atoms with E-state index in [1.165, 1.54) is 22.4 Å². The first kappa shape index (κ1) is 12.7. The van der Waals surface area contributed by atoms with Crippen LogP contribution in [0.4, 0.5) is 5.69 Å². The maximum Gasteiger partial charge on any atom is 0.138 e. The number of nitrogens with zero attached hydrogens (tertiary/aromatic N) is 2. The summed E-state index contributed by atoms with van der Waals surface area (Å²) in [5.74, 6) is 0.907. The average molecular weight is 244 g/mol. The minimum Gasteiger partial charge on any atom is -0.370 e. The van der Waals surface area contributed by atoms with Crippen molar-refractivity contribution >= 4 is 5.69 Å². The van der Waals surface area contributed by atoms with Gasteiger partial charge in [-0.25, -0.2) is 0 Å². The SMILES string of the molecule is Cc1ccc(C)c(N(C)Cc2c(C)noc2C)c1. The molecule has 1 heterocycles. The Morgan fingerprint density at radius 3 is 2.50 bits per heavy atom. The molecule has 0 spiro atoms. The van der Waals surface area contributed by atoms with Crippen molar-refractivity contribution in [2.45, 2.75) is 34.2 Å². The molecule has 0 fully saturated rings. The number of anilines is 1. The van der Waals surface area contributed by atoms with Gasteiger partial charge in [0.2, 0.25) is 0 Å². The quantitative estimate of drug-likeness (QED) is 0.827. The molecule has 0 aliphatic rings. The summed E-state index contributed by atoms with van der Waals surface area (Å²) in [5.41, 5.74) is 5.98. The Kier molecular flexibility index (Phi) is 3.41. The molecule has 96 valence electrons. The normalized spacial score (nSPS) is 10.7. The molecule has 0 saturated carbocycles. The highest BCUT2D eigenvalue weighted by Crippen LogP contribution is 2.23. The Labute approximate surface area is 108 Å². The number of benzene rings is 1. The molecule has 0 aliphatic carbocycles. The topological polar surface area (TPSA) is 29.3 Å². The van der Waals surface area contributed by atoms with Gasteiger partial charge in [-0.3, -0.25) is 0 Å². The molecule has 2 aromatic rings. The van der Waals surface area contributed by atoms with E-state index in [9.17, 15) is 0 Å². The molecule has 1 aromatic carbocycles. The lowest BCUT2D eigenvalue weighted by atomic mass is 10.1. The van der Waals surface area contributed by atoms with E-state index in [-0.39, 0.29) is 0 Å². The fourth-order valence-corrected chi connectivity index (χ4v) is 2.18. The summed E-state index contributed by atoms with van der Waals surface area (Å²) in [6.07, 6.45) is 0. The Hall–Kier alpha value is -1.77. The first-order valence-electron chi connectivity index (χ1n) is 6.19. The lowest BCUT2D eigenvalue weighted by Gasteiger charge is -2.21. The smallest absolute Gasteiger partial charge is 0.138 e.